The van der Waals surface area contributed by atoms with Crippen LogP contribution >= 0.6 is 23.1 Å². The number of carbonyl (C=O) groups excluding carboxylic acids is 2. The minimum Gasteiger partial charge on any atom is -0.338 e. The molecule has 3 rings (SSSR count). The van der Waals surface area contributed by atoms with E-state index in [4.69, 9.17) is 0 Å². The third-order valence-electron chi connectivity index (χ3n) is 3.45. The maximum absolute atomic E-state index is 12.2. The van der Waals surface area contributed by atoms with Crippen LogP contribution in [-0.2, 0) is 4.79 Å². The lowest BCUT2D eigenvalue weighted by Crippen LogP contribution is -2.51. The standard InChI is InChI=1S/C13H16N6O2S2/c1-9-6-22-13(16-9)23-7-10(20)18-2-4-19(5-3-18)12(21)11-14-8-15-17-11/h6,8H,2-5,7H2,1H3,(H,14,15,17). The van der Waals surface area contributed by atoms with Crippen molar-refractivity contribution in [2.24, 2.45) is 0 Å². The largest absolute Gasteiger partial charge is 0.338 e. The normalized spacial score (nSPS) is 15.0. The number of thiazole rings is 1. The molecule has 1 fully saturated rings. The van der Waals surface area contributed by atoms with Crippen LogP contribution in [0.2, 0.25) is 0 Å². The fourth-order valence-electron chi connectivity index (χ4n) is 2.23. The molecule has 3 heterocycles. The molecule has 0 aliphatic carbocycles. The highest BCUT2D eigenvalue weighted by Crippen LogP contribution is 2.22. The van der Waals surface area contributed by atoms with Gasteiger partial charge < -0.3 is 9.80 Å². The predicted octanol–water partition coefficient (Wildman–Crippen LogP) is 0.646. The van der Waals surface area contributed by atoms with Crippen molar-refractivity contribution in [2.45, 2.75) is 11.3 Å². The molecule has 0 atom stereocenters. The van der Waals surface area contributed by atoms with E-state index in [1.807, 2.05) is 12.3 Å². The van der Waals surface area contributed by atoms with Gasteiger partial charge in [0.1, 0.15) is 6.33 Å². The number of aromatic nitrogens is 4. The van der Waals surface area contributed by atoms with E-state index in [1.165, 1.54) is 18.1 Å². The molecule has 2 aromatic rings. The summed E-state index contributed by atoms with van der Waals surface area (Å²) in [4.78, 5) is 36.0. The van der Waals surface area contributed by atoms with Gasteiger partial charge in [0.25, 0.3) is 5.91 Å². The van der Waals surface area contributed by atoms with Crippen LogP contribution in [0.15, 0.2) is 16.0 Å². The number of carbonyl (C=O) groups is 2. The van der Waals surface area contributed by atoms with Crippen LogP contribution in [0, 0.1) is 6.92 Å². The molecule has 0 radical (unpaired) electrons. The minimum absolute atomic E-state index is 0.0783. The number of nitrogens with one attached hydrogen (secondary N) is 1. The van der Waals surface area contributed by atoms with E-state index in [-0.39, 0.29) is 17.6 Å². The number of nitrogens with zero attached hydrogens (tertiary/aromatic N) is 5. The fraction of sp³-hybridized carbons (Fsp3) is 0.462. The van der Waals surface area contributed by atoms with E-state index < -0.39 is 0 Å². The molecule has 0 aromatic carbocycles. The van der Waals surface area contributed by atoms with E-state index in [1.54, 1.807) is 21.1 Å². The Morgan fingerprint density at radius 1 is 1.30 bits per heavy atom. The van der Waals surface area contributed by atoms with Crippen LogP contribution in [-0.4, -0.2) is 73.7 Å². The molecule has 0 bridgehead atoms. The van der Waals surface area contributed by atoms with Crippen LogP contribution in [0.4, 0.5) is 0 Å². The Bertz CT molecular complexity index is 678. The van der Waals surface area contributed by atoms with Gasteiger partial charge in [0.05, 0.1) is 5.75 Å². The number of thioether (sulfide) groups is 1. The van der Waals surface area contributed by atoms with Gasteiger partial charge in [0.2, 0.25) is 11.7 Å². The van der Waals surface area contributed by atoms with Gasteiger partial charge in [-0.15, -0.1) is 11.3 Å². The molecule has 1 aliphatic heterocycles. The van der Waals surface area contributed by atoms with Crippen molar-refractivity contribution in [3.8, 4) is 0 Å². The summed E-state index contributed by atoms with van der Waals surface area (Å²) in [6, 6.07) is 0. The summed E-state index contributed by atoms with van der Waals surface area (Å²) in [6.07, 6.45) is 1.31. The molecule has 10 heteroatoms. The molecule has 8 nitrogen and oxygen atoms in total. The number of hydrogen-bond acceptors (Lipinski definition) is 7. The van der Waals surface area contributed by atoms with Crippen molar-refractivity contribution in [1.29, 1.82) is 0 Å². The lowest BCUT2D eigenvalue weighted by Gasteiger charge is -2.34. The number of aromatic amines is 1. The van der Waals surface area contributed by atoms with Crippen molar-refractivity contribution >= 4 is 34.9 Å². The van der Waals surface area contributed by atoms with Crippen molar-refractivity contribution in [2.75, 3.05) is 31.9 Å². The molecule has 2 aromatic heterocycles. The highest BCUT2D eigenvalue weighted by molar-refractivity contribution is 8.01. The van der Waals surface area contributed by atoms with Gasteiger partial charge in [-0.2, -0.15) is 5.10 Å². The summed E-state index contributed by atoms with van der Waals surface area (Å²) in [5.74, 6) is 0.513. The number of H-pyrrole nitrogens is 1. The zero-order valence-electron chi connectivity index (χ0n) is 12.6. The number of piperazine rings is 1. The molecule has 23 heavy (non-hydrogen) atoms. The van der Waals surface area contributed by atoms with Crippen LogP contribution in [0.3, 0.4) is 0 Å². The molecule has 1 aliphatic rings. The van der Waals surface area contributed by atoms with Gasteiger partial charge in [0.15, 0.2) is 4.34 Å². The number of aryl methyl sites for hydroxylation is 1. The molecule has 122 valence electrons. The number of rotatable bonds is 4. The number of hydrogen-bond donors (Lipinski definition) is 1. The fourth-order valence-corrected chi connectivity index (χ4v) is 3.98. The Labute approximate surface area is 141 Å². The molecular formula is C13H16N6O2S2. The van der Waals surface area contributed by atoms with Gasteiger partial charge in [-0.3, -0.25) is 14.7 Å². The average molecular weight is 352 g/mol. The van der Waals surface area contributed by atoms with Crippen molar-refractivity contribution in [3.05, 3.63) is 23.2 Å². The van der Waals surface area contributed by atoms with Crippen LogP contribution in [0.25, 0.3) is 0 Å². The van der Waals surface area contributed by atoms with Gasteiger partial charge in [-0.05, 0) is 6.92 Å². The SMILES string of the molecule is Cc1csc(SCC(=O)N2CCN(C(=O)c3ncn[nH]3)CC2)n1. The summed E-state index contributed by atoms with van der Waals surface area (Å²) < 4.78 is 0.912. The van der Waals surface area contributed by atoms with Gasteiger partial charge in [-0.1, -0.05) is 11.8 Å². The van der Waals surface area contributed by atoms with E-state index in [9.17, 15) is 9.59 Å². The topological polar surface area (TPSA) is 95.1 Å². The summed E-state index contributed by atoms with van der Waals surface area (Å²) >= 11 is 3.01. The van der Waals surface area contributed by atoms with E-state index in [2.05, 4.69) is 20.2 Å². The average Bonchev–Trinajstić information content (AvgIpc) is 3.24. The molecule has 0 saturated carbocycles. The first-order chi connectivity index (χ1) is 11.1. The zero-order valence-corrected chi connectivity index (χ0v) is 14.2. The first-order valence-electron chi connectivity index (χ1n) is 7.11. The highest BCUT2D eigenvalue weighted by atomic mass is 32.2. The maximum Gasteiger partial charge on any atom is 0.291 e. The van der Waals surface area contributed by atoms with Crippen molar-refractivity contribution in [3.63, 3.8) is 0 Å². The van der Waals surface area contributed by atoms with E-state index in [0.717, 1.165) is 10.0 Å². The third kappa shape index (κ3) is 3.88. The van der Waals surface area contributed by atoms with Crippen molar-refractivity contribution < 1.29 is 9.59 Å². The second-order valence-corrected chi connectivity index (χ2v) is 7.13. The second-order valence-electron chi connectivity index (χ2n) is 5.05. The molecule has 2 amide bonds. The molecule has 0 spiro atoms. The first-order valence-corrected chi connectivity index (χ1v) is 8.97. The van der Waals surface area contributed by atoms with Crippen LogP contribution < -0.4 is 0 Å². The Hall–Kier alpha value is -1.94. The van der Waals surface area contributed by atoms with Gasteiger partial charge >= 0.3 is 0 Å². The Morgan fingerprint density at radius 2 is 2.04 bits per heavy atom. The van der Waals surface area contributed by atoms with Gasteiger partial charge in [0, 0.05) is 37.3 Å². The molecule has 0 unspecified atom stereocenters. The summed E-state index contributed by atoms with van der Waals surface area (Å²) in [5, 5.41) is 8.22. The summed E-state index contributed by atoms with van der Waals surface area (Å²) in [5.41, 5.74) is 0.976. The minimum atomic E-state index is -0.178. The van der Waals surface area contributed by atoms with Crippen molar-refractivity contribution in [1.82, 2.24) is 30.0 Å². The molecule has 1 N–H and O–H groups in total. The summed E-state index contributed by atoms with van der Waals surface area (Å²) in [6.45, 7) is 4.03. The molecular weight excluding hydrogens is 336 g/mol. The van der Waals surface area contributed by atoms with Gasteiger partial charge in [-0.25, -0.2) is 9.97 Å². The zero-order chi connectivity index (χ0) is 16.2. The quantitative estimate of drug-likeness (QED) is 0.812. The highest BCUT2D eigenvalue weighted by Gasteiger charge is 2.26. The predicted molar refractivity (Wildman–Crippen MR) is 86.4 cm³/mol. The molecule has 1 saturated heterocycles. The lowest BCUT2D eigenvalue weighted by atomic mass is 10.3. The Balaban J connectivity index is 1.46. The lowest BCUT2D eigenvalue weighted by molar-refractivity contribution is -0.129. The van der Waals surface area contributed by atoms with Crippen LogP contribution in [0.5, 0.6) is 0 Å². The second kappa shape index (κ2) is 7.09. The maximum atomic E-state index is 12.2. The monoisotopic (exact) mass is 352 g/mol. The Morgan fingerprint density at radius 3 is 2.65 bits per heavy atom. The smallest absolute Gasteiger partial charge is 0.291 e. The first kappa shape index (κ1) is 15.9. The third-order valence-corrected chi connectivity index (χ3v) is 5.58. The Kier molecular flexibility index (Phi) is 4.91. The number of amides is 2. The van der Waals surface area contributed by atoms with E-state index in [0.29, 0.717) is 31.9 Å². The van der Waals surface area contributed by atoms with Crippen LogP contribution in [0.1, 0.15) is 16.3 Å². The van der Waals surface area contributed by atoms with E-state index >= 15 is 0 Å². The summed E-state index contributed by atoms with van der Waals surface area (Å²) in [7, 11) is 0.